The van der Waals surface area contributed by atoms with Crippen LogP contribution in [0.5, 0.6) is 0 Å². The van der Waals surface area contributed by atoms with E-state index in [4.69, 9.17) is 5.73 Å². The van der Waals surface area contributed by atoms with E-state index in [2.05, 4.69) is 11.1 Å². The van der Waals surface area contributed by atoms with Crippen molar-refractivity contribution in [1.82, 2.24) is 4.98 Å². The van der Waals surface area contributed by atoms with Crippen LogP contribution >= 0.6 is 0 Å². The highest BCUT2D eigenvalue weighted by atomic mass is 15.1. The smallest absolute Gasteiger partial charge is 0.131 e. The lowest BCUT2D eigenvalue weighted by molar-refractivity contribution is 0.664. The molecule has 1 aromatic rings. The molecule has 1 aromatic heterocycles. The first-order valence-corrected chi connectivity index (χ1v) is 4.98. The fourth-order valence-corrected chi connectivity index (χ4v) is 1.41. The topological polar surface area (TPSA) is 42.1 Å². The number of anilines is 1. The monoisotopic (exact) mass is 193 g/mol. The lowest BCUT2D eigenvalue weighted by atomic mass is 10.1. The van der Waals surface area contributed by atoms with Crippen molar-refractivity contribution in [3.63, 3.8) is 0 Å². The number of hydrogen-bond acceptors (Lipinski definition) is 3. The van der Waals surface area contributed by atoms with Gasteiger partial charge in [-0.1, -0.05) is 6.07 Å². The SMILES string of the molecule is C[C@H](N)CCc1cccnc1N(C)C. The fraction of sp³-hybridized carbons (Fsp3) is 0.545. The van der Waals surface area contributed by atoms with Crippen molar-refractivity contribution in [2.75, 3.05) is 19.0 Å². The van der Waals surface area contributed by atoms with Crippen molar-refractivity contribution in [1.29, 1.82) is 0 Å². The summed E-state index contributed by atoms with van der Waals surface area (Å²) in [4.78, 5) is 6.38. The number of aryl methyl sites for hydroxylation is 1. The van der Waals surface area contributed by atoms with Gasteiger partial charge in [0.25, 0.3) is 0 Å². The van der Waals surface area contributed by atoms with Gasteiger partial charge in [0.1, 0.15) is 5.82 Å². The van der Waals surface area contributed by atoms with Gasteiger partial charge in [-0.05, 0) is 31.4 Å². The molecule has 0 radical (unpaired) electrons. The van der Waals surface area contributed by atoms with Gasteiger partial charge in [-0.15, -0.1) is 0 Å². The molecule has 0 aromatic carbocycles. The Kier molecular flexibility index (Phi) is 3.89. The predicted molar refractivity (Wildman–Crippen MR) is 60.5 cm³/mol. The maximum atomic E-state index is 5.73. The van der Waals surface area contributed by atoms with E-state index < -0.39 is 0 Å². The Morgan fingerprint density at radius 1 is 1.50 bits per heavy atom. The van der Waals surface area contributed by atoms with Crippen LogP contribution in [0.25, 0.3) is 0 Å². The molecule has 0 aliphatic carbocycles. The third-order valence-electron chi connectivity index (χ3n) is 2.16. The first-order valence-electron chi connectivity index (χ1n) is 4.98. The Bertz CT molecular complexity index is 282. The zero-order valence-corrected chi connectivity index (χ0v) is 9.20. The first-order chi connectivity index (χ1) is 6.61. The van der Waals surface area contributed by atoms with Crippen LogP contribution in [-0.4, -0.2) is 25.1 Å². The predicted octanol–water partition coefficient (Wildman–Crippen LogP) is 1.43. The number of rotatable bonds is 4. The van der Waals surface area contributed by atoms with Gasteiger partial charge < -0.3 is 10.6 Å². The Morgan fingerprint density at radius 3 is 2.79 bits per heavy atom. The summed E-state index contributed by atoms with van der Waals surface area (Å²) in [7, 11) is 4.02. The van der Waals surface area contributed by atoms with E-state index in [0.717, 1.165) is 18.7 Å². The average molecular weight is 193 g/mol. The number of hydrogen-bond donors (Lipinski definition) is 1. The Labute approximate surface area is 85.9 Å². The van der Waals surface area contributed by atoms with Gasteiger partial charge in [0.2, 0.25) is 0 Å². The van der Waals surface area contributed by atoms with Crippen molar-refractivity contribution in [2.45, 2.75) is 25.8 Å². The van der Waals surface area contributed by atoms with Crippen LogP contribution in [0.15, 0.2) is 18.3 Å². The van der Waals surface area contributed by atoms with Crippen molar-refractivity contribution in [3.8, 4) is 0 Å². The van der Waals surface area contributed by atoms with Gasteiger partial charge in [-0.3, -0.25) is 0 Å². The van der Waals surface area contributed by atoms with Crippen molar-refractivity contribution in [3.05, 3.63) is 23.9 Å². The largest absolute Gasteiger partial charge is 0.363 e. The highest BCUT2D eigenvalue weighted by molar-refractivity contribution is 5.45. The minimum atomic E-state index is 0.255. The fourth-order valence-electron chi connectivity index (χ4n) is 1.41. The highest BCUT2D eigenvalue weighted by Gasteiger charge is 2.05. The molecule has 78 valence electrons. The van der Waals surface area contributed by atoms with E-state index in [0.29, 0.717) is 0 Å². The number of nitrogens with zero attached hydrogens (tertiary/aromatic N) is 2. The summed E-state index contributed by atoms with van der Waals surface area (Å²) in [5.41, 5.74) is 7.01. The molecular weight excluding hydrogens is 174 g/mol. The zero-order valence-electron chi connectivity index (χ0n) is 9.20. The molecule has 0 fully saturated rings. The number of nitrogens with two attached hydrogens (primary N) is 1. The normalized spacial score (nSPS) is 12.6. The van der Waals surface area contributed by atoms with Crippen molar-refractivity contribution in [2.24, 2.45) is 5.73 Å². The lowest BCUT2D eigenvalue weighted by Gasteiger charge is -2.16. The van der Waals surface area contributed by atoms with Crippen molar-refractivity contribution >= 4 is 5.82 Å². The van der Waals surface area contributed by atoms with Gasteiger partial charge in [0, 0.05) is 26.3 Å². The molecular formula is C11H19N3. The molecule has 0 amide bonds. The summed E-state index contributed by atoms with van der Waals surface area (Å²) in [6.45, 7) is 2.03. The second kappa shape index (κ2) is 4.96. The summed E-state index contributed by atoms with van der Waals surface area (Å²) in [6, 6.07) is 4.35. The maximum Gasteiger partial charge on any atom is 0.131 e. The summed E-state index contributed by atoms with van der Waals surface area (Å²) < 4.78 is 0. The summed E-state index contributed by atoms with van der Waals surface area (Å²) in [5.74, 6) is 1.05. The molecule has 0 aliphatic heterocycles. The van der Waals surface area contributed by atoms with Crippen LogP contribution in [0.4, 0.5) is 5.82 Å². The molecule has 0 saturated carbocycles. The molecule has 1 heterocycles. The lowest BCUT2D eigenvalue weighted by Crippen LogP contribution is -2.17. The summed E-state index contributed by atoms with van der Waals surface area (Å²) >= 11 is 0. The molecule has 3 heteroatoms. The van der Waals surface area contributed by atoms with E-state index in [9.17, 15) is 0 Å². The molecule has 0 saturated heterocycles. The molecule has 2 N–H and O–H groups in total. The average Bonchev–Trinajstić information content (AvgIpc) is 2.15. The third-order valence-corrected chi connectivity index (χ3v) is 2.16. The Morgan fingerprint density at radius 2 is 2.21 bits per heavy atom. The first kappa shape index (κ1) is 11.0. The van der Waals surface area contributed by atoms with Crippen LogP contribution in [0, 0.1) is 0 Å². The van der Waals surface area contributed by atoms with Gasteiger partial charge in [0.05, 0.1) is 0 Å². The van der Waals surface area contributed by atoms with Crippen LogP contribution < -0.4 is 10.6 Å². The van der Waals surface area contributed by atoms with Crippen LogP contribution in [-0.2, 0) is 6.42 Å². The van der Waals surface area contributed by atoms with Gasteiger partial charge >= 0.3 is 0 Å². The number of aromatic nitrogens is 1. The number of pyridine rings is 1. The summed E-state index contributed by atoms with van der Waals surface area (Å²) in [6.07, 6.45) is 3.83. The minimum absolute atomic E-state index is 0.255. The van der Waals surface area contributed by atoms with Gasteiger partial charge in [0.15, 0.2) is 0 Å². The molecule has 1 atom stereocenters. The van der Waals surface area contributed by atoms with E-state index >= 15 is 0 Å². The third kappa shape index (κ3) is 3.00. The van der Waals surface area contributed by atoms with Crippen molar-refractivity contribution < 1.29 is 0 Å². The minimum Gasteiger partial charge on any atom is -0.363 e. The molecule has 0 bridgehead atoms. The molecule has 0 aliphatic rings. The van der Waals surface area contributed by atoms with E-state index in [-0.39, 0.29) is 6.04 Å². The second-order valence-electron chi connectivity index (χ2n) is 3.90. The van der Waals surface area contributed by atoms with E-state index in [1.807, 2.05) is 38.2 Å². The van der Waals surface area contributed by atoms with E-state index in [1.54, 1.807) is 0 Å². The molecule has 0 unspecified atom stereocenters. The highest BCUT2D eigenvalue weighted by Crippen LogP contribution is 2.16. The summed E-state index contributed by atoms with van der Waals surface area (Å²) in [5, 5.41) is 0. The quantitative estimate of drug-likeness (QED) is 0.786. The molecule has 3 nitrogen and oxygen atoms in total. The molecule has 0 spiro atoms. The Hall–Kier alpha value is -1.09. The molecule has 1 rings (SSSR count). The van der Waals surface area contributed by atoms with Crippen LogP contribution in [0.3, 0.4) is 0 Å². The van der Waals surface area contributed by atoms with Gasteiger partial charge in [-0.2, -0.15) is 0 Å². The zero-order chi connectivity index (χ0) is 10.6. The molecule has 14 heavy (non-hydrogen) atoms. The maximum absolute atomic E-state index is 5.73. The standard InChI is InChI=1S/C11H19N3/c1-9(12)6-7-10-5-4-8-13-11(10)14(2)3/h4-5,8-9H,6-7,12H2,1-3H3/t9-/m0/s1. The van der Waals surface area contributed by atoms with Crippen LogP contribution in [0.1, 0.15) is 18.9 Å². The van der Waals surface area contributed by atoms with Crippen LogP contribution in [0.2, 0.25) is 0 Å². The Balaban J connectivity index is 2.74. The second-order valence-corrected chi connectivity index (χ2v) is 3.90. The van der Waals surface area contributed by atoms with Gasteiger partial charge in [-0.25, -0.2) is 4.98 Å². The van der Waals surface area contributed by atoms with E-state index in [1.165, 1.54) is 5.56 Å².